The summed E-state index contributed by atoms with van der Waals surface area (Å²) in [7, 11) is 0. The van der Waals surface area contributed by atoms with Gasteiger partial charge in [0, 0.05) is 60.0 Å². The van der Waals surface area contributed by atoms with Gasteiger partial charge in [-0.15, -0.1) is 11.3 Å². The Bertz CT molecular complexity index is 1770. The lowest BCUT2D eigenvalue weighted by Crippen LogP contribution is -2.38. The van der Waals surface area contributed by atoms with Crippen LogP contribution in [-0.2, 0) is 6.18 Å². The number of thiazole rings is 1. The number of rotatable bonds is 8. The van der Waals surface area contributed by atoms with E-state index in [-0.39, 0.29) is 34.4 Å². The molecule has 0 bridgehead atoms. The van der Waals surface area contributed by atoms with Crippen molar-refractivity contribution in [3.05, 3.63) is 63.5 Å². The number of fused-ring (bicyclic) bond motifs is 1. The highest BCUT2D eigenvalue weighted by molar-refractivity contribution is 7.13. The Kier molecular flexibility index (Phi) is 8.99. The highest BCUT2D eigenvalue weighted by atomic mass is 32.1. The van der Waals surface area contributed by atoms with Gasteiger partial charge in [0.15, 0.2) is 5.69 Å². The third-order valence-electron chi connectivity index (χ3n) is 7.37. The van der Waals surface area contributed by atoms with E-state index in [0.29, 0.717) is 36.3 Å². The first-order chi connectivity index (χ1) is 21.0. The van der Waals surface area contributed by atoms with E-state index < -0.39 is 34.9 Å². The van der Waals surface area contributed by atoms with Gasteiger partial charge in [-0.25, -0.2) is 19.6 Å². The standard InChI is InChI=1S/C29H29F3N6O5S/c1-2-33-28(43)36-24-11-18(26-35-23(15-44-26)29(30,31)32)20(12-34-24)16-5-6-22-19(10-16)25(40)21(27(41)42)14-38(22)17-4-3-7-37(13-17)8-9-39/h5-6,10-12,14-15,17,39H,2-4,7-9,13H2,1H3,(H,41,42)(H2,33,34,36,43)/t17-/m1/s1. The maximum absolute atomic E-state index is 13.4. The maximum Gasteiger partial charge on any atom is 0.434 e. The fourth-order valence-corrected chi connectivity index (χ4v) is 6.22. The van der Waals surface area contributed by atoms with Crippen LogP contribution in [-0.4, -0.2) is 74.4 Å². The van der Waals surface area contributed by atoms with Crippen LogP contribution in [0, 0.1) is 0 Å². The molecule has 0 radical (unpaired) electrons. The van der Waals surface area contributed by atoms with Crippen molar-refractivity contribution in [2.75, 3.05) is 38.1 Å². The van der Waals surface area contributed by atoms with E-state index in [1.54, 1.807) is 23.6 Å². The monoisotopic (exact) mass is 630 g/mol. The number of aromatic carboxylic acids is 1. The van der Waals surface area contributed by atoms with Crippen LogP contribution in [0.2, 0.25) is 0 Å². The minimum atomic E-state index is -4.67. The van der Waals surface area contributed by atoms with Crippen molar-refractivity contribution < 1.29 is 33.0 Å². The molecule has 1 aliphatic heterocycles. The molecule has 5 rings (SSSR count). The Balaban J connectivity index is 1.66. The second-order valence-electron chi connectivity index (χ2n) is 10.3. The van der Waals surface area contributed by atoms with Gasteiger partial charge < -0.3 is 20.1 Å². The van der Waals surface area contributed by atoms with Gasteiger partial charge in [-0.05, 0) is 50.1 Å². The number of aliphatic hydroxyl groups is 1. The van der Waals surface area contributed by atoms with Crippen LogP contribution < -0.4 is 16.1 Å². The minimum absolute atomic E-state index is 0.0108. The predicted octanol–water partition coefficient (Wildman–Crippen LogP) is 4.67. The lowest BCUT2D eigenvalue weighted by molar-refractivity contribution is -0.140. The molecule has 0 unspecified atom stereocenters. The molecular weight excluding hydrogens is 601 g/mol. The van der Waals surface area contributed by atoms with E-state index in [1.807, 2.05) is 0 Å². The summed E-state index contributed by atoms with van der Waals surface area (Å²) in [4.78, 5) is 47.8. The van der Waals surface area contributed by atoms with Crippen molar-refractivity contribution in [1.29, 1.82) is 0 Å². The van der Waals surface area contributed by atoms with Crippen molar-refractivity contribution in [2.45, 2.75) is 32.0 Å². The number of carboxylic acid groups (broad SMARTS) is 1. The molecule has 1 aliphatic rings. The van der Waals surface area contributed by atoms with E-state index in [9.17, 15) is 37.8 Å². The molecule has 15 heteroatoms. The van der Waals surface area contributed by atoms with Gasteiger partial charge in [0.25, 0.3) is 0 Å². The molecule has 11 nitrogen and oxygen atoms in total. The van der Waals surface area contributed by atoms with Gasteiger partial charge in [-0.3, -0.25) is 15.0 Å². The summed E-state index contributed by atoms with van der Waals surface area (Å²) in [5.74, 6) is -1.32. The summed E-state index contributed by atoms with van der Waals surface area (Å²) >= 11 is 0.761. The Labute approximate surface area is 253 Å². The zero-order valence-corrected chi connectivity index (χ0v) is 24.3. The molecule has 3 aromatic heterocycles. The molecule has 2 amide bonds. The molecule has 1 fully saturated rings. The summed E-state index contributed by atoms with van der Waals surface area (Å²) in [5, 5.41) is 25.4. The number of likely N-dealkylation sites (tertiary alicyclic amines) is 1. The molecule has 0 spiro atoms. The molecular formula is C29H29F3N6O5S. The van der Waals surface area contributed by atoms with Crippen LogP contribution >= 0.6 is 11.3 Å². The smallest absolute Gasteiger partial charge is 0.434 e. The summed E-state index contributed by atoms with van der Waals surface area (Å²) in [5.41, 5.74) is -0.742. The first-order valence-corrected chi connectivity index (χ1v) is 14.7. The number of piperidine rings is 1. The molecule has 1 aromatic carbocycles. The fourth-order valence-electron chi connectivity index (χ4n) is 5.36. The Morgan fingerprint density at radius 1 is 1.20 bits per heavy atom. The Morgan fingerprint density at radius 3 is 2.68 bits per heavy atom. The maximum atomic E-state index is 13.4. The number of halogens is 3. The Hall–Kier alpha value is -4.34. The van der Waals surface area contributed by atoms with Gasteiger partial charge in [-0.2, -0.15) is 13.2 Å². The molecule has 1 saturated heterocycles. The van der Waals surface area contributed by atoms with Crippen LogP contribution in [0.25, 0.3) is 32.6 Å². The number of anilines is 1. The van der Waals surface area contributed by atoms with E-state index in [1.165, 1.54) is 24.5 Å². The topological polar surface area (TPSA) is 150 Å². The quantitative estimate of drug-likeness (QED) is 0.219. The number of urea groups is 1. The van der Waals surface area contributed by atoms with Crippen molar-refractivity contribution in [3.63, 3.8) is 0 Å². The number of aliphatic hydroxyl groups excluding tert-OH is 1. The van der Waals surface area contributed by atoms with Crippen LogP contribution in [0.15, 0.2) is 46.8 Å². The normalized spacial score (nSPS) is 15.8. The number of hydrogen-bond donors (Lipinski definition) is 4. The minimum Gasteiger partial charge on any atom is -0.477 e. The average molecular weight is 631 g/mol. The van der Waals surface area contributed by atoms with Gasteiger partial charge in [0.1, 0.15) is 16.4 Å². The number of amides is 2. The first kappa shape index (κ1) is 31.1. The second kappa shape index (κ2) is 12.7. The lowest BCUT2D eigenvalue weighted by atomic mass is 9.98. The zero-order valence-electron chi connectivity index (χ0n) is 23.5. The third-order valence-corrected chi connectivity index (χ3v) is 8.25. The molecule has 4 heterocycles. The fraction of sp³-hybridized carbons (Fsp3) is 0.345. The van der Waals surface area contributed by atoms with Crippen molar-refractivity contribution in [2.24, 2.45) is 0 Å². The molecule has 0 aliphatic carbocycles. The molecule has 44 heavy (non-hydrogen) atoms. The average Bonchev–Trinajstić information content (AvgIpc) is 3.49. The summed E-state index contributed by atoms with van der Waals surface area (Å²) < 4.78 is 42.0. The highest BCUT2D eigenvalue weighted by Crippen LogP contribution is 2.39. The van der Waals surface area contributed by atoms with Crippen molar-refractivity contribution in [3.8, 4) is 21.7 Å². The van der Waals surface area contributed by atoms with E-state index in [0.717, 1.165) is 36.1 Å². The van der Waals surface area contributed by atoms with Gasteiger partial charge in [-0.1, -0.05) is 6.07 Å². The second-order valence-corrected chi connectivity index (χ2v) is 11.1. The largest absolute Gasteiger partial charge is 0.477 e. The number of carbonyl (C=O) groups excluding carboxylic acids is 1. The zero-order chi connectivity index (χ0) is 31.6. The van der Waals surface area contributed by atoms with E-state index in [2.05, 4.69) is 25.5 Å². The van der Waals surface area contributed by atoms with Crippen molar-refractivity contribution >= 4 is 40.1 Å². The number of carbonyl (C=O) groups is 2. The highest BCUT2D eigenvalue weighted by Gasteiger charge is 2.34. The molecule has 4 aromatic rings. The lowest BCUT2D eigenvalue weighted by Gasteiger charge is -2.34. The molecule has 232 valence electrons. The van der Waals surface area contributed by atoms with E-state index in [4.69, 9.17) is 0 Å². The van der Waals surface area contributed by atoms with Crippen LogP contribution in [0.3, 0.4) is 0 Å². The number of benzene rings is 1. The van der Waals surface area contributed by atoms with Crippen LogP contribution in [0.4, 0.5) is 23.8 Å². The van der Waals surface area contributed by atoms with Gasteiger partial charge in [0.2, 0.25) is 5.43 Å². The third kappa shape index (κ3) is 6.44. The number of carboxylic acids is 1. The molecule has 4 N–H and O–H groups in total. The van der Waals surface area contributed by atoms with Crippen LogP contribution in [0.5, 0.6) is 0 Å². The summed E-state index contributed by atoms with van der Waals surface area (Å²) in [6.07, 6.45) is -0.404. The number of pyridine rings is 2. The molecule has 1 atom stereocenters. The van der Waals surface area contributed by atoms with Crippen LogP contribution in [0.1, 0.15) is 41.9 Å². The number of nitrogens with one attached hydrogen (secondary N) is 2. The van der Waals surface area contributed by atoms with Crippen molar-refractivity contribution in [1.82, 2.24) is 24.8 Å². The molecule has 0 saturated carbocycles. The van der Waals surface area contributed by atoms with E-state index >= 15 is 0 Å². The SMILES string of the molecule is CCNC(=O)Nc1cc(-c2nc(C(F)(F)F)cs2)c(-c2ccc3c(c2)c(=O)c(C(=O)O)cn3[C@@H]2CCCN(CCO)C2)cn1. The van der Waals surface area contributed by atoms with Gasteiger partial charge in [0.05, 0.1) is 12.1 Å². The summed E-state index contributed by atoms with van der Waals surface area (Å²) in [6.45, 7) is 3.86. The predicted molar refractivity (Wildman–Crippen MR) is 159 cm³/mol. The number of hydrogen-bond acceptors (Lipinski definition) is 8. The first-order valence-electron chi connectivity index (χ1n) is 13.8. The summed E-state index contributed by atoms with van der Waals surface area (Å²) in [6, 6.07) is 5.55. The number of nitrogens with zero attached hydrogens (tertiary/aromatic N) is 4. The number of alkyl halides is 3. The van der Waals surface area contributed by atoms with Gasteiger partial charge >= 0.3 is 18.2 Å². The Morgan fingerprint density at radius 2 is 2.00 bits per heavy atom. The number of aromatic nitrogens is 3. The number of β-amino-alcohol motifs (C(OH)–C–C–N with tert-alkyl or cyclic N) is 1.